The fourth-order valence-electron chi connectivity index (χ4n) is 2.00. The van der Waals surface area contributed by atoms with E-state index < -0.39 is 23.7 Å². The third kappa shape index (κ3) is 4.31. The van der Waals surface area contributed by atoms with Crippen LogP contribution in [0.2, 0.25) is 0 Å². The topological polar surface area (TPSA) is 71.1 Å². The smallest absolute Gasteiger partial charge is 0.345 e. The molecule has 1 aromatic heterocycles. The van der Waals surface area contributed by atoms with Gasteiger partial charge in [-0.2, -0.15) is 13.2 Å². The Bertz CT molecular complexity index is 582. The van der Waals surface area contributed by atoms with E-state index >= 15 is 0 Å². The van der Waals surface area contributed by atoms with Gasteiger partial charge in [0.1, 0.15) is 5.69 Å². The Labute approximate surface area is 124 Å². The second-order valence-electron chi connectivity index (χ2n) is 4.84. The lowest BCUT2D eigenvalue weighted by Crippen LogP contribution is -2.42. The SMILES string of the molecule is O=C(Nc1ccc(C(F)(F)F)nc1)C(=O)N[C@H]1CC=CCC1. The van der Waals surface area contributed by atoms with Crippen LogP contribution in [0.15, 0.2) is 30.5 Å². The molecule has 1 atom stereocenters. The minimum Gasteiger partial charge on any atom is -0.345 e. The van der Waals surface area contributed by atoms with Gasteiger partial charge in [0.05, 0.1) is 11.9 Å². The quantitative estimate of drug-likeness (QED) is 0.650. The van der Waals surface area contributed by atoms with Gasteiger partial charge in [-0.3, -0.25) is 9.59 Å². The maximum Gasteiger partial charge on any atom is 0.433 e. The van der Waals surface area contributed by atoms with Crippen LogP contribution in [-0.4, -0.2) is 22.8 Å². The number of carbonyl (C=O) groups excluding carboxylic acids is 2. The number of alkyl halides is 3. The molecular weight excluding hydrogens is 299 g/mol. The number of aromatic nitrogens is 1. The van der Waals surface area contributed by atoms with Crippen LogP contribution in [-0.2, 0) is 15.8 Å². The van der Waals surface area contributed by atoms with Crippen molar-refractivity contribution in [2.24, 2.45) is 0 Å². The van der Waals surface area contributed by atoms with Crippen molar-refractivity contribution in [3.63, 3.8) is 0 Å². The van der Waals surface area contributed by atoms with Gasteiger partial charge in [0.2, 0.25) is 0 Å². The van der Waals surface area contributed by atoms with Gasteiger partial charge in [0, 0.05) is 6.04 Å². The fourth-order valence-corrected chi connectivity index (χ4v) is 2.00. The third-order valence-corrected chi connectivity index (χ3v) is 3.12. The number of allylic oxidation sites excluding steroid dienone is 1. The van der Waals surface area contributed by atoms with Crippen molar-refractivity contribution in [1.82, 2.24) is 10.3 Å². The Balaban J connectivity index is 1.90. The molecule has 2 N–H and O–H groups in total. The van der Waals surface area contributed by atoms with Gasteiger partial charge in [0.15, 0.2) is 0 Å². The van der Waals surface area contributed by atoms with Crippen LogP contribution in [0.5, 0.6) is 0 Å². The summed E-state index contributed by atoms with van der Waals surface area (Å²) < 4.78 is 37.1. The van der Waals surface area contributed by atoms with Crippen LogP contribution in [0.1, 0.15) is 25.0 Å². The minimum absolute atomic E-state index is 0.0247. The molecule has 0 spiro atoms. The van der Waals surface area contributed by atoms with Gasteiger partial charge in [-0.1, -0.05) is 12.2 Å². The predicted octanol–water partition coefficient (Wildman–Crippen LogP) is 2.26. The average Bonchev–Trinajstić information content (AvgIpc) is 2.48. The fraction of sp³-hybridized carbons (Fsp3) is 0.357. The van der Waals surface area contributed by atoms with Crippen LogP contribution in [0.3, 0.4) is 0 Å². The van der Waals surface area contributed by atoms with Crippen LogP contribution in [0.25, 0.3) is 0 Å². The Morgan fingerprint density at radius 1 is 1.18 bits per heavy atom. The monoisotopic (exact) mass is 313 g/mol. The van der Waals surface area contributed by atoms with Crippen molar-refractivity contribution in [2.45, 2.75) is 31.5 Å². The maximum absolute atomic E-state index is 12.4. The van der Waals surface area contributed by atoms with Crippen LogP contribution in [0.4, 0.5) is 18.9 Å². The summed E-state index contributed by atoms with van der Waals surface area (Å²) in [6, 6.07) is 1.68. The average molecular weight is 313 g/mol. The van der Waals surface area contributed by atoms with E-state index in [-0.39, 0.29) is 11.7 Å². The molecule has 0 unspecified atom stereocenters. The molecule has 1 heterocycles. The van der Waals surface area contributed by atoms with E-state index in [1.54, 1.807) is 0 Å². The Morgan fingerprint density at radius 2 is 1.95 bits per heavy atom. The molecule has 1 aliphatic rings. The molecule has 0 saturated carbocycles. The normalized spacial score (nSPS) is 17.9. The van der Waals surface area contributed by atoms with Crippen molar-refractivity contribution in [3.8, 4) is 0 Å². The first-order chi connectivity index (χ1) is 10.4. The number of halogens is 3. The number of nitrogens with zero attached hydrogens (tertiary/aromatic N) is 1. The maximum atomic E-state index is 12.4. The Kier molecular flexibility index (Phi) is 4.79. The molecule has 1 aliphatic carbocycles. The number of hydrogen-bond acceptors (Lipinski definition) is 3. The molecule has 2 rings (SSSR count). The van der Waals surface area contributed by atoms with Gasteiger partial charge in [0.25, 0.3) is 0 Å². The second-order valence-corrected chi connectivity index (χ2v) is 4.84. The summed E-state index contributed by atoms with van der Waals surface area (Å²) in [6.45, 7) is 0. The highest BCUT2D eigenvalue weighted by molar-refractivity contribution is 6.39. The van der Waals surface area contributed by atoms with E-state index in [0.29, 0.717) is 6.42 Å². The number of pyridine rings is 1. The molecule has 5 nitrogen and oxygen atoms in total. The molecule has 0 aliphatic heterocycles. The zero-order chi connectivity index (χ0) is 16.2. The summed E-state index contributed by atoms with van der Waals surface area (Å²) >= 11 is 0. The largest absolute Gasteiger partial charge is 0.433 e. The number of rotatable bonds is 2. The summed E-state index contributed by atoms with van der Waals surface area (Å²) in [7, 11) is 0. The summed E-state index contributed by atoms with van der Waals surface area (Å²) in [5, 5.41) is 4.78. The molecule has 0 bridgehead atoms. The van der Waals surface area contributed by atoms with E-state index in [2.05, 4.69) is 15.6 Å². The highest BCUT2D eigenvalue weighted by Gasteiger charge is 2.32. The standard InChI is InChI=1S/C14H14F3N3O2/c15-14(16,17)11-7-6-10(8-18-11)20-13(22)12(21)19-9-4-2-1-3-5-9/h1-2,6-9H,3-5H2,(H,19,21)(H,20,22)/t9-/m0/s1. The first-order valence-electron chi connectivity index (χ1n) is 6.66. The number of amides is 2. The summed E-state index contributed by atoms with van der Waals surface area (Å²) in [5.74, 6) is -1.75. The predicted molar refractivity (Wildman–Crippen MR) is 72.8 cm³/mol. The Hall–Kier alpha value is -2.38. The van der Waals surface area contributed by atoms with Crippen molar-refractivity contribution in [2.75, 3.05) is 5.32 Å². The zero-order valence-electron chi connectivity index (χ0n) is 11.5. The van der Waals surface area contributed by atoms with E-state index in [4.69, 9.17) is 0 Å². The summed E-state index contributed by atoms with van der Waals surface area (Å²) in [5.41, 5.74) is -1.04. The van der Waals surface area contributed by atoms with Gasteiger partial charge < -0.3 is 10.6 Å². The van der Waals surface area contributed by atoms with Crippen molar-refractivity contribution in [1.29, 1.82) is 0 Å². The molecule has 0 saturated heterocycles. The van der Waals surface area contributed by atoms with E-state index in [1.807, 2.05) is 12.2 Å². The molecule has 22 heavy (non-hydrogen) atoms. The highest BCUT2D eigenvalue weighted by atomic mass is 19.4. The molecule has 8 heteroatoms. The summed E-state index contributed by atoms with van der Waals surface area (Å²) in [6.07, 6.45) is 2.46. The molecule has 1 aromatic rings. The lowest BCUT2D eigenvalue weighted by molar-refractivity contribution is -0.141. The van der Waals surface area contributed by atoms with Gasteiger partial charge >= 0.3 is 18.0 Å². The molecule has 0 fully saturated rings. The van der Waals surface area contributed by atoms with Gasteiger partial charge in [-0.05, 0) is 31.4 Å². The number of carbonyl (C=O) groups is 2. The van der Waals surface area contributed by atoms with E-state index in [9.17, 15) is 22.8 Å². The first kappa shape index (κ1) is 16.0. The highest BCUT2D eigenvalue weighted by Crippen LogP contribution is 2.27. The van der Waals surface area contributed by atoms with Crippen molar-refractivity contribution < 1.29 is 22.8 Å². The Morgan fingerprint density at radius 3 is 2.50 bits per heavy atom. The molecule has 2 amide bonds. The van der Waals surface area contributed by atoms with Crippen molar-refractivity contribution >= 4 is 17.5 Å². The molecule has 0 radical (unpaired) electrons. The minimum atomic E-state index is -4.55. The van der Waals surface area contributed by atoms with Crippen LogP contribution < -0.4 is 10.6 Å². The van der Waals surface area contributed by atoms with Gasteiger partial charge in [-0.25, -0.2) is 4.98 Å². The molecule has 0 aromatic carbocycles. The molecule has 118 valence electrons. The number of nitrogens with one attached hydrogen (secondary N) is 2. The lowest BCUT2D eigenvalue weighted by atomic mass is 10.0. The molecular formula is C14H14F3N3O2. The second kappa shape index (κ2) is 6.59. The summed E-state index contributed by atoms with van der Waals surface area (Å²) in [4.78, 5) is 26.6. The van der Waals surface area contributed by atoms with E-state index in [0.717, 1.165) is 31.2 Å². The van der Waals surface area contributed by atoms with Crippen LogP contribution in [0, 0.1) is 0 Å². The number of anilines is 1. The van der Waals surface area contributed by atoms with Crippen LogP contribution >= 0.6 is 0 Å². The zero-order valence-corrected chi connectivity index (χ0v) is 11.5. The third-order valence-electron chi connectivity index (χ3n) is 3.12. The van der Waals surface area contributed by atoms with Crippen molar-refractivity contribution in [3.05, 3.63) is 36.2 Å². The lowest BCUT2D eigenvalue weighted by Gasteiger charge is -2.18. The number of hydrogen-bond donors (Lipinski definition) is 2. The van der Waals surface area contributed by atoms with E-state index in [1.165, 1.54) is 0 Å². The van der Waals surface area contributed by atoms with Gasteiger partial charge in [-0.15, -0.1) is 0 Å². The first-order valence-corrected chi connectivity index (χ1v) is 6.66.